The summed E-state index contributed by atoms with van der Waals surface area (Å²) < 4.78 is 0. The first-order valence-electron chi connectivity index (χ1n) is 8.37. The van der Waals surface area contributed by atoms with Crippen molar-refractivity contribution >= 4 is 5.78 Å². The normalized spacial score (nSPS) is 14.0. The van der Waals surface area contributed by atoms with Crippen LogP contribution < -0.4 is 0 Å². The number of carbonyl (C=O) groups is 1. The van der Waals surface area contributed by atoms with Crippen molar-refractivity contribution in [1.82, 2.24) is 0 Å². The van der Waals surface area contributed by atoms with Crippen LogP contribution in [-0.2, 0) is 24.1 Å². The van der Waals surface area contributed by atoms with Crippen molar-refractivity contribution in [1.29, 1.82) is 0 Å². The summed E-state index contributed by atoms with van der Waals surface area (Å²) in [5, 5.41) is 0. The fourth-order valence-electron chi connectivity index (χ4n) is 3.13. The summed E-state index contributed by atoms with van der Waals surface area (Å²) >= 11 is 0. The molecule has 0 atom stereocenters. The number of rotatable bonds is 4. The number of hydrogen-bond donors (Lipinski definition) is 0. The van der Waals surface area contributed by atoms with Gasteiger partial charge in [-0.05, 0) is 53.5 Å². The summed E-state index contributed by atoms with van der Waals surface area (Å²) in [7, 11) is 0. The van der Waals surface area contributed by atoms with Crippen molar-refractivity contribution in [3.05, 3.63) is 59.2 Å². The first-order chi connectivity index (χ1) is 10.6. The molecule has 114 valence electrons. The highest BCUT2D eigenvalue weighted by molar-refractivity contribution is 5.82. The summed E-state index contributed by atoms with van der Waals surface area (Å²) in [5.41, 5.74) is 6.69. The van der Waals surface area contributed by atoms with Crippen LogP contribution in [-0.4, -0.2) is 5.78 Å². The van der Waals surface area contributed by atoms with Gasteiger partial charge in [0.15, 0.2) is 0 Å². The molecule has 0 saturated heterocycles. The van der Waals surface area contributed by atoms with Crippen LogP contribution in [0.5, 0.6) is 0 Å². The predicted molar refractivity (Wildman–Crippen MR) is 92.1 cm³/mol. The molecule has 0 heterocycles. The number of fused-ring (bicyclic) bond motifs is 1. The van der Waals surface area contributed by atoms with E-state index in [2.05, 4.69) is 42.5 Å². The molecule has 0 spiro atoms. The van der Waals surface area contributed by atoms with Crippen LogP contribution in [0.15, 0.2) is 42.5 Å². The van der Waals surface area contributed by atoms with Gasteiger partial charge in [-0.25, -0.2) is 0 Å². The topological polar surface area (TPSA) is 17.1 Å². The van der Waals surface area contributed by atoms with Gasteiger partial charge in [-0.1, -0.05) is 56.3 Å². The smallest absolute Gasteiger partial charge is 0.139 e. The second-order valence-electron chi connectivity index (χ2n) is 6.69. The minimum Gasteiger partial charge on any atom is -0.299 e. The first kappa shape index (κ1) is 15.0. The number of carbonyl (C=O) groups excluding carboxylic acids is 1. The van der Waals surface area contributed by atoms with Crippen molar-refractivity contribution in [3.63, 3.8) is 0 Å². The van der Waals surface area contributed by atoms with E-state index in [1.54, 1.807) is 0 Å². The van der Waals surface area contributed by atoms with Crippen molar-refractivity contribution in [3.8, 4) is 11.1 Å². The Balaban J connectivity index is 1.79. The van der Waals surface area contributed by atoms with Gasteiger partial charge >= 0.3 is 0 Å². The van der Waals surface area contributed by atoms with Gasteiger partial charge in [-0.15, -0.1) is 0 Å². The van der Waals surface area contributed by atoms with Crippen LogP contribution in [0.1, 0.15) is 43.4 Å². The molecule has 0 aromatic heterocycles. The Hall–Kier alpha value is -1.89. The molecule has 1 aliphatic rings. The summed E-state index contributed by atoms with van der Waals surface area (Å²) in [6.45, 7) is 3.92. The molecule has 2 aromatic carbocycles. The third-order valence-corrected chi connectivity index (χ3v) is 4.66. The number of ketones is 1. The Morgan fingerprint density at radius 2 is 1.55 bits per heavy atom. The van der Waals surface area contributed by atoms with E-state index in [0.717, 1.165) is 5.56 Å². The van der Waals surface area contributed by atoms with Crippen molar-refractivity contribution < 1.29 is 4.79 Å². The van der Waals surface area contributed by atoms with E-state index >= 15 is 0 Å². The Morgan fingerprint density at radius 1 is 0.909 bits per heavy atom. The molecule has 0 bridgehead atoms. The molecule has 1 aliphatic carbocycles. The van der Waals surface area contributed by atoms with E-state index in [9.17, 15) is 4.79 Å². The zero-order valence-corrected chi connectivity index (χ0v) is 13.6. The van der Waals surface area contributed by atoms with Gasteiger partial charge in [-0.2, -0.15) is 0 Å². The number of hydrogen-bond acceptors (Lipinski definition) is 1. The maximum absolute atomic E-state index is 11.8. The lowest BCUT2D eigenvalue weighted by atomic mass is 9.89. The molecule has 0 amide bonds. The zero-order valence-electron chi connectivity index (χ0n) is 13.6. The standard InChI is InChI=1S/C21H24O/c1-15(2)21(22)13-16-7-9-18(10-8-16)20-12-11-17-5-3-4-6-19(17)14-20/h7-12,14-15H,3-6,13H2,1-2H3. The molecule has 22 heavy (non-hydrogen) atoms. The molecule has 1 nitrogen and oxygen atoms in total. The monoisotopic (exact) mass is 292 g/mol. The molecular weight excluding hydrogens is 268 g/mol. The van der Waals surface area contributed by atoms with Crippen molar-refractivity contribution in [2.24, 2.45) is 5.92 Å². The zero-order chi connectivity index (χ0) is 15.5. The van der Waals surface area contributed by atoms with Gasteiger partial charge in [0.25, 0.3) is 0 Å². The number of Topliss-reactive ketones (excluding diaryl/α,β-unsaturated/α-hetero) is 1. The fourth-order valence-corrected chi connectivity index (χ4v) is 3.13. The number of aryl methyl sites for hydroxylation is 2. The van der Waals surface area contributed by atoms with Crippen LogP contribution in [0, 0.1) is 5.92 Å². The highest BCUT2D eigenvalue weighted by atomic mass is 16.1. The highest BCUT2D eigenvalue weighted by Gasteiger charge is 2.11. The molecule has 0 N–H and O–H groups in total. The molecule has 0 aliphatic heterocycles. The van der Waals surface area contributed by atoms with Crippen LogP contribution in [0.3, 0.4) is 0 Å². The molecule has 1 heteroatoms. The van der Waals surface area contributed by atoms with E-state index < -0.39 is 0 Å². The van der Waals surface area contributed by atoms with Crippen molar-refractivity contribution in [2.45, 2.75) is 46.0 Å². The molecular formula is C21H24O. The fraction of sp³-hybridized carbons (Fsp3) is 0.381. The Kier molecular flexibility index (Phi) is 4.42. The molecule has 0 unspecified atom stereocenters. The lowest BCUT2D eigenvalue weighted by molar-refractivity contribution is -0.121. The second kappa shape index (κ2) is 6.48. The van der Waals surface area contributed by atoms with E-state index in [-0.39, 0.29) is 5.92 Å². The summed E-state index contributed by atoms with van der Waals surface area (Å²) in [6.07, 6.45) is 5.62. The minimum atomic E-state index is 0.111. The van der Waals surface area contributed by atoms with E-state index in [4.69, 9.17) is 0 Å². The molecule has 0 radical (unpaired) electrons. The first-order valence-corrected chi connectivity index (χ1v) is 8.37. The van der Waals surface area contributed by atoms with Gasteiger partial charge in [0, 0.05) is 12.3 Å². The van der Waals surface area contributed by atoms with Gasteiger partial charge in [0.05, 0.1) is 0 Å². The van der Waals surface area contributed by atoms with Gasteiger partial charge in [0.2, 0.25) is 0 Å². The summed E-state index contributed by atoms with van der Waals surface area (Å²) in [5.74, 6) is 0.418. The third kappa shape index (κ3) is 3.30. The summed E-state index contributed by atoms with van der Waals surface area (Å²) in [4.78, 5) is 11.8. The SMILES string of the molecule is CC(C)C(=O)Cc1ccc(-c2ccc3c(c2)CCCC3)cc1. The Morgan fingerprint density at radius 3 is 2.23 bits per heavy atom. The van der Waals surface area contributed by atoms with Crippen LogP contribution >= 0.6 is 0 Å². The minimum absolute atomic E-state index is 0.111. The van der Waals surface area contributed by atoms with E-state index in [0.29, 0.717) is 12.2 Å². The maximum Gasteiger partial charge on any atom is 0.139 e. The average Bonchev–Trinajstić information content (AvgIpc) is 2.55. The number of benzene rings is 2. The average molecular weight is 292 g/mol. The third-order valence-electron chi connectivity index (χ3n) is 4.66. The van der Waals surface area contributed by atoms with Gasteiger partial charge < -0.3 is 0 Å². The van der Waals surface area contributed by atoms with Gasteiger partial charge in [0.1, 0.15) is 5.78 Å². The van der Waals surface area contributed by atoms with E-state index in [1.165, 1.54) is 47.9 Å². The molecule has 2 aromatic rings. The Labute approximate surface area is 133 Å². The molecule has 0 fully saturated rings. The quantitative estimate of drug-likeness (QED) is 0.775. The lowest BCUT2D eigenvalue weighted by Gasteiger charge is -2.16. The second-order valence-corrected chi connectivity index (χ2v) is 6.69. The molecule has 3 rings (SSSR count). The van der Waals surface area contributed by atoms with Gasteiger partial charge in [-0.3, -0.25) is 4.79 Å². The van der Waals surface area contributed by atoms with Crippen molar-refractivity contribution in [2.75, 3.05) is 0 Å². The Bertz CT molecular complexity index is 665. The maximum atomic E-state index is 11.8. The largest absolute Gasteiger partial charge is 0.299 e. The van der Waals surface area contributed by atoms with E-state index in [1.807, 2.05) is 13.8 Å². The van der Waals surface area contributed by atoms with Crippen LogP contribution in [0.2, 0.25) is 0 Å². The van der Waals surface area contributed by atoms with Crippen LogP contribution in [0.4, 0.5) is 0 Å². The summed E-state index contributed by atoms with van der Waals surface area (Å²) in [6, 6.07) is 15.4. The highest BCUT2D eigenvalue weighted by Crippen LogP contribution is 2.27. The van der Waals surface area contributed by atoms with Crippen LogP contribution in [0.25, 0.3) is 11.1 Å². The predicted octanol–water partition coefficient (Wildman–Crippen LogP) is 5.00. The lowest BCUT2D eigenvalue weighted by Crippen LogP contribution is -2.09. The molecule has 0 saturated carbocycles.